The Hall–Kier alpha value is -1.13. The molecule has 96 valence electrons. The van der Waals surface area contributed by atoms with Gasteiger partial charge in [0.2, 0.25) is 0 Å². The second-order valence-corrected chi connectivity index (χ2v) is 4.26. The van der Waals surface area contributed by atoms with Gasteiger partial charge in [0.15, 0.2) is 11.6 Å². The molecule has 0 bridgehead atoms. The highest BCUT2D eigenvalue weighted by molar-refractivity contribution is 5.29. The van der Waals surface area contributed by atoms with Gasteiger partial charge in [-0.1, -0.05) is 13.0 Å². The largest absolute Gasteiger partial charge is 0.494 e. The maximum Gasteiger partial charge on any atom is 0.165 e. The molecule has 0 aliphatic carbocycles. The van der Waals surface area contributed by atoms with Crippen LogP contribution in [0.5, 0.6) is 5.75 Å². The van der Waals surface area contributed by atoms with E-state index in [0.717, 1.165) is 25.1 Å². The minimum atomic E-state index is -0.305. The highest BCUT2D eigenvalue weighted by atomic mass is 19.1. The van der Waals surface area contributed by atoms with Gasteiger partial charge in [-0.05, 0) is 49.7 Å². The quantitative estimate of drug-likeness (QED) is 0.711. The highest BCUT2D eigenvalue weighted by Crippen LogP contribution is 2.17. The second kappa shape index (κ2) is 7.25. The van der Waals surface area contributed by atoms with Crippen LogP contribution in [0, 0.1) is 11.7 Å². The molecule has 0 heterocycles. The summed E-state index contributed by atoms with van der Waals surface area (Å²) in [5.41, 5.74) is 6.48. The average Bonchev–Trinajstić information content (AvgIpc) is 2.34. The molecule has 3 N–H and O–H groups in total. The summed E-state index contributed by atoms with van der Waals surface area (Å²) < 4.78 is 18.2. The molecule has 0 aliphatic heterocycles. The molecule has 1 unspecified atom stereocenters. The predicted molar refractivity (Wildman–Crippen MR) is 67.7 cm³/mol. The van der Waals surface area contributed by atoms with Gasteiger partial charge >= 0.3 is 0 Å². The fourth-order valence-corrected chi connectivity index (χ4v) is 1.53. The first-order valence-electron chi connectivity index (χ1n) is 5.90. The summed E-state index contributed by atoms with van der Waals surface area (Å²) in [6, 6.07) is 5.07. The SMILES string of the molecule is COc1ccc(CCNCC(C)CN)cc1F. The summed E-state index contributed by atoms with van der Waals surface area (Å²) in [7, 11) is 1.47. The second-order valence-electron chi connectivity index (χ2n) is 4.26. The highest BCUT2D eigenvalue weighted by Gasteiger charge is 2.03. The molecule has 17 heavy (non-hydrogen) atoms. The van der Waals surface area contributed by atoms with Crippen LogP contribution in [0.1, 0.15) is 12.5 Å². The fourth-order valence-electron chi connectivity index (χ4n) is 1.53. The molecular formula is C13H21FN2O. The number of nitrogens with one attached hydrogen (secondary N) is 1. The van der Waals surface area contributed by atoms with E-state index in [4.69, 9.17) is 10.5 Å². The molecule has 0 spiro atoms. The van der Waals surface area contributed by atoms with E-state index >= 15 is 0 Å². The number of rotatable bonds is 7. The van der Waals surface area contributed by atoms with Crippen molar-refractivity contribution >= 4 is 0 Å². The van der Waals surface area contributed by atoms with Gasteiger partial charge in [-0.25, -0.2) is 4.39 Å². The minimum absolute atomic E-state index is 0.290. The molecule has 1 aromatic carbocycles. The zero-order valence-corrected chi connectivity index (χ0v) is 10.5. The van der Waals surface area contributed by atoms with Crippen molar-refractivity contribution in [1.82, 2.24) is 5.32 Å². The first-order chi connectivity index (χ1) is 8.17. The Bertz CT molecular complexity index is 344. The van der Waals surface area contributed by atoms with Gasteiger partial charge in [0.25, 0.3) is 0 Å². The molecule has 3 nitrogen and oxygen atoms in total. The van der Waals surface area contributed by atoms with Crippen LogP contribution in [0.3, 0.4) is 0 Å². The first kappa shape index (κ1) is 13.9. The van der Waals surface area contributed by atoms with Crippen molar-refractivity contribution in [3.63, 3.8) is 0 Å². The van der Waals surface area contributed by atoms with E-state index < -0.39 is 0 Å². The number of hydrogen-bond donors (Lipinski definition) is 2. The predicted octanol–water partition coefficient (Wildman–Crippen LogP) is 1.56. The van der Waals surface area contributed by atoms with Crippen LogP contribution >= 0.6 is 0 Å². The Morgan fingerprint density at radius 1 is 1.47 bits per heavy atom. The third-order valence-corrected chi connectivity index (χ3v) is 2.70. The maximum absolute atomic E-state index is 13.4. The van der Waals surface area contributed by atoms with Gasteiger partial charge in [0, 0.05) is 0 Å². The topological polar surface area (TPSA) is 47.3 Å². The Morgan fingerprint density at radius 2 is 2.24 bits per heavy atom. The van der Waals surface area contributed by atoms with E-state index in [1.165, 1.54) is 13.2 Å². The Labute approximate surface area is 102 Å². The van der Waals surface area contributed by atoms with Gasteiger partial charge in [0.1, 0.15) is 0 Å². The average molecular weight is 240 g/mol. The molecule has 1 aromatic rings. The normalized spacial score (nSPS) is 12.5. The number of benzene rings is 1. The zero-order valence-electron chi connectivity index (χ0n) is 10.5. The Kier molecular flexibility index (Phi) is 5.94. The third-order valence-electron chi connectivity index (χ3n) is 2.70. The molecule has 1 rings (SSSR count). The fraction of sp³-hybridized carbons (Fsp3) is 0.538. The Balaban J connectivity index is 2.34. The smallest absolute Gasteiger partial charge is 0.165 e. The molecule has 0 radical (unpaired) electrons. The maximum atomic E-state index is 13.4. The summed E-state index contributed by atoms with van der Waals surface area (Å²) >= 11 is 0. The van der Waals surface area contributed by atoms with E-state index in [2.05, 4.69) is 12.2 Å². The lowest BCUT2D eigenvalue weighted by atomic mass is 10.1. The van der Waals surface area contributed by atoms with E-state index in [-0.39, 0.29) is 5.82 Å². The van der Waals surface area contributed by atoms with Crippen molar-refractivity contribution in [3.05, 3.63) is 29.6 Å². The first-order valence-corrected chi connectivity index (χ1v) is 5.90. The summed E-state index contributed by atoms with van der Waals surface area (Å²) in [5.74, 6) is 0.460. The zero-order chi connectivity index (χ0) is 12.7. The molecule has 1 atom stereocenters. The van der Waals surface area contributed by atoms with Crippen molar-refractivity contribution in [2.45, 2.75) is 13.3 Å². The lowest BCUT2D eigenvalue weighted by molar-refractivity contribution is 0.386. The lowest BCUT2D eigenvalue weighted by Gasteiger charge is -2.10. The van der Waals surface area contributed by atoms with Crippen molar-refractivity contribution < 1.29 is 9.13 Å². The van der Waals surface area contributed by atoms with Crippen LogP contribution in [-0.4, -0.2) is 26.7 Å². The van der Waals surface area contributed by atoms with Gasteiger partial charge in [-0.2, -0.15) is 0 Å². The molecule has 0 saturated carbocycles. The Morgan fingerprint density at radius 3 is 2.82 bits per heavy atom. The lowest BCUT2D eigenvalue weighted by Crippen LogP contribution is -2.27. The number of halogens is 1. The molecule has 0 amide bonds. The summed E-state index contributed by atoms with van der Waals surface area (Å²) in [6.07, 6.45) is 0.804. The van der Waals surface area contributed by atoms with Crippen LogP contribution in [0.25, 0.3) is 0 Å². The molecule has 4 heteroatoms. The molecule has 0 aromatic heterocycles. The summed E-state index contributed by atoms with van der Waals surface area (Å²) in [5, 5.41) is 3.30. The van der Waals surface area contributed by atoms with Crippen molar-refractivity contribution in [2.24, 2.45) is 11.7 Å². The van der Waals surface area contributed by atoms with E-state index in [1.54, 1.807) is 6.07 Å². The van der Waals surface area contributed by atoms with Crippen molar-refractivity contribution in [3.8, 4) is 5.75 Å². The summed E-state index contributed by atoms with van der Waals surface area (Å²) in [4.78, 5) is 0. The van der Waals surface area contributed by atoms with Gasteiger partial charge < -0.3 is 15.8 Å². The third kappa shape index (κ3) is 4.71. The van der Waals surface area contributed by atoms with Gasteiger partial charge in [0.05, 0.1) is 7.11 Å². The van der Waals surface area contributed by atoms with Crippen LogP contribution in [0.2, 0.25) is 0 Å². The van der Waals surface area contributed by atoms with E-state index in [1.807, 2.05) is 6.07 Å². The van der Waals surface area contributed by atoms with Gasteiger partial charge in [-0.3, -0.25) is 0 Å². The van der Waals surface area contributed by atoms with Crippen LogP contribution in [0.15, 0.2) is 18.2 Å². The monoisotopic (exact) mass is 240 g/mol. The van der Waals surface area contributed by atoms with Crippen molar-refractivity contribution in [1.29, 1.82) is 0 Å². The number of methoxy groups -OCH3 is 1. The molecule has 0 saturated heterocycles. The van der Waals surface area contributed by atoms with Crippen LogP contribution in [0.4, 0.5) is 4.39 Å². The van der Waals surface area contributed by atoms with Crippen LogP contribution in [-0.2, 0) is 6.42 Å². The standard InChI is InChI=1S/C13H21FN2O/c1-10(8-15)9-16-6-5-11-3-4-13(17-2)12(14)7-11/h3-4,7,10,16H,5-6,8-9,15H2,1-2H3. The number of ether oxygens (including phenoxy) is 1. The molecular weight excluding hydrogens is 219 g/mol. The number of nitrogens with two attached hydrogens (primary N) is 1. The molecule has 0 fully saturated rings. The minimum Gasteiger partial charge on any atom is -0.494 e. The van der Waals surface area contributed by atoms with Crippen LogP contribution < -0.4 is 15.8 Å². The van der Waals surface area contributed by atoms with Gasteiger partial charge in [-0.15, -0.1) is 0 Å². The van der Waals surface area contributed by atoms with E-state index in [9.17, 15) is 4.39 Å². The summed E-state index contributed by atoms with van der Waals surface area (Å²) in [6.45, 7) is 4.51. The number of hydrogen-bond acceptors (Lipinski definition) is 3. The van der Waals surface area contributed by atoms with E-state index in [0.29, 0.717) is 18.2 Å². The molecule has 0 aliphatic rings. The van der Waals surface area contributed by atoms with Crippen molar-refractivity contribution in [2.75, 3.05) is 26.7 Å².